The van der Waals surface area contributed by atoms with Gasteiger partial charge in [0.25, 0.3) is 0 Å². The predicted octanol–water partition coefficient (Wildman–Crippen LogP) is 3.65. The van der Waals surface area contributed by atoms with Crippen molar-refractivity contribution in [3.8, 4) is 6.07 Å². The molecule has 0 fully saturated rings. The molecule has 0 amide bonds. The molecule has 0 bridgehead atoms. The summed E-state index contributed by atoms with van der Waals surface area (Å²) < 4.78 is 3.13. The number of aromatic nitrogens is 1. The second kappa shape index (κ2) is 7.59. The van der Waals surface area contributed by atoms with Gasteiger partial charge in [-0.2, -0.15) is 5.26 Å². The lowest BCUT2D eigenvalue weighted by atomic mass is 10.0. The fourth-order valence-electron chi connectivity index (χ4n) is 2.33. The van der Waals surface area contributed by atoms with E-state index in [9.17, 15) is 0 Å². The van der Waals surface area contributed by atoms with Crippen LogP contribution in [-0.2, 0) is 0 Å². The fourth-order valence-corrected chi connectivity index (χ4v) is 2.99. The van der Waals surface area contributed by atoms with Gasteiger partial charge in [0, 0.05) is 33.6 Å². The van der Waals surface area contributed by atoms with E-state index >= 15 is 0 Å². The van der Waals surface area contributed by atoms with E-state index in [1.165, 1.54) is 11.9 Å². The van der Waals surface area contributed by atoms with Crippen molar-refractivity contribution >= 4 is 34.9 Å². The van der Waals surface area contributed by atoms with Crippen LogP contribution >= 0.6 is 11.9 Å². The molecule has 0 aliphatic heterocycles. The SMILES string of the molecule is N#Cc1cccc(SNc2cc(C(=N)c3cc(N)ccc3N)ccn2)c1. The van der Waals surface area contributed by atoms with Crippen LogP contribution in [0, 0.1) is 16.7 Å². The Bertz CT molecular complexity index is 1010. The van der Waals surface area contributed by atoms with Gasteiger partial charge >= 0.3 is 0 Å². The van der Waals surface area contributed by atoms with Crippen LogP contribution in [0.4, 0.5) is 17.2 Å². The van der Waals surface area contributed by atoms with Gasteiger partial charge in [-0.25, -0.2) is 4.98 Å². The highest BCUT2D eigenvalue weighted by Crippen LogP contribution is 2.23. The highest BCUT2D eigenvalue weighted by atomic mass is 32.2. The van der Waals surface area contributed by atoms with E-state index in [1.807, 2.05) is 12.1 Å². The van der Waals surface area contributed by atoms with Crippen LogP contribution in [0.5, 0.6) is 0 Å². The monoisotopic (exact) mass is 360 g/mol. The maximum Gasteiger partial charge on any atom is 0.136 e. The summed E-state index contributed by atoms with van der Waals surface area (Å²) in [4.78, 5) is 5.16. The number of nitrogens with zero attached hydrogens (tertiary/aromatic N) is 2. The summed E-state index contributed by atoms with van der Waals surface area (Å²) in [6.07, 6.45) is 1.63. The molecule has 0 aliphatic carbocycles. The molecule has 0 spiro atoms. The van der Waals surface area contributed by atoms with Gasteiger partial charge in [-0.05, 0) is 60.5 Å². The Morgan fingerprint density at radius 1 is 1.12 bits per heavy atom. The van der Waals surface area contributed by atoms with E-state index < -0.39 is 0 Å². The molecule has 0 radical (unpaired) electrons. The first-order valence-electron chi connectivity index (χ1n) is 7.70. The maximum absolute atomic E-state index is 8.96. The minimum absolute atomic E-state index is 0.275. The van der Waals surface area contributed by atoms with Crippen LogP contribution in [0.3, 0.4) is 0 Å². The third-order valence-electron chi connectivity index (χ3n) is 3.63. The van der Waals surface area contributed by atoms with Crippen LogP contribution in [0.25, 0.3) is 0 Å². The first-order valence-corrected chi connectivity index (χ1v) is 8.52. The van der Waals surface area contributed by atoms with Crippen molar-refractivity contribution in [2.45, 2.75) is 4.90 Å². The summed E-state index contributed by atoms with van der Waals surface area (Å²) in [5.74, 6) is 0.599. The number of nitrogen functional groups attached to an aromatic ring is 2. The predicted molar refractivity (Wildman–Crippen MR) is 106 cm³/mol. The van der Waals surface area contributed by atoms with Crippen molar-refractivity contribution in [1.29, 1.82) is 10.7 Å². The molecule has 3 rings (SSSR count). The number of pyridine rings is 1. The quantitative estimate of drug-likeness (QED) is 0.313. The Morgan fingerprint density at radius 3 is 2.77 bits per heavy atom. The fraction of sp³-hybridized carbons (Fsp3) is 0. The molecule has 0 atom stereocenters. The summed E-state index contributed by atoms with van der Waals surface area (Å²) in [7, 11) is 0. The van der Waals surface area contributed by atoms with Gasteiger partial charge < -0.3 is 16.2 Å². The average molecular weight is 360 g/mol. The molecule has 1 aromatic heterocycles. The Morgan fingerprint density at radius 2 is 1.96 bits per heavy atom. The van der Waals surface area contributed by atoms with Gasteiger partial charge in [0.1, 0.15) is 5.82 Å². The zero-order valence-electron chi connectivity index (χ0n) is 13.7. The van der Waals surface area contributed by atoms with E-state index in [-0.39, 0.29) is 5.71 Å². The van der Waals surface area contributed by atoms with E-state index in [1.54, 1.807) is 48.7 Å². The summed E-state index contributed by atoms with van der Waals surface area (Å²) in [5, 5.41) is 17.4. The first kappa shape index (κ1) is 17.3. The van der Waals surface area contributed by atoms with Gasteiger partial charge in [-0.3, -0.25) is 5.41 Å². The Balaban J connectivity index is 1.78. The number of nitrogens with one attached hydrogen (secondary N) is 2. The molecule has 2 aromatic carbocycles. The van der Waals surface area contributed by atoms with Gasteiger partial charge in [0.15, 0.2) is 0 Å². The summed E-state index contributed by atoms with van der Waals surface area (Å²) in [6.45, 7) is 0. The molecule has 3 aromatic rings. The van der Waals surface area contributed by atoms with Crippen molar-refractivity contribution < 1.29 is 0 Å². The minimum atomic E-state index is 0.275. The molecular weight excluding hydrogens is 344 g/mol. The number of hydrogen-bond donors (Lipinski definition) is 4. The van der Waals surface area contributed by atoms with Crippen LogP contribution in [0.1, 0.15) is 16.7 Å². The van der Waals surface area contributed by atoms with Crippen molar-refractivity contribution in [2.75, 3.05) is 16.2 Å². The largest absolute Gasteiger partial charge is 0.399 e. The molecular formula is C19H16N6S. The van der Waals surface area contributed by atoms with E-state index in [0.717, 1.165) is 4.90 Å². The van der Waals surface area contributed by atoms with Crippen molar-refractivity contribution in [2.24, 2.45) is 0 Å². The van der Waals surface area contributed by atoms with Crippen molar-refractivity contribution in [1.82, 2.24) is 4.98 Å². The molecule has 1 heterocycles. The van der Waals surface area contributed by atoms with Crippen molar-refractivity contribution in [3.63, 3.8) is 0 Å². The first-order chi connectivity index (χ1) is 12.6. The van der Waals surface area contributed by atoms with E-state index in [4.69, 9.17) is 22.1 Å². The Hall–Kier alpha value is -3.50. The standard InChI is InChI=1S/C19H16N6S/c20-11-12-2-1-3-15(8-12)26-25-18-9-13(6-7-24-18)19(23)16-10-14(21)4-5-17(16)22/h1-10,23H,21-22H2,(H,24,25). The highest BCUT2D eigenvalue weighted by molar-refractivity contribution is 8.00. The van der Waals surface area contributed by atoms with Crippen LogP contribution in [0.2, 0.25) is 0 Å². The Kier molecular flexibility index (Phi) is 5.06. The molecule has 128 valence electrons. The number of nitriles is 1. The molecule has 0 aliphatic rings. The van der Waals surface area contributed by atoms with Gasteiger partial charge in [-0.15, -0.1) is 0 Å². The van der Waals surface area contributed by atoms with E-state index in [0.29, 0.717) is 33.9 Å². The number of rotatable bonds is 5. The van der Waals surface area contributed by atoms with Gasteiger partial charge in [-0.1, -0.05) is 6.07 Å². The third kappa shape index (κ3) is 3.94. The van der Waals surface area contributed by atoms with Crippen LogP contribution in [0.15, 0.2) is 65.7 Å². The summed E-state index contributed by atoms with van der Waals surface area (Å²) in [6, 6.07) is 18.0. The lowest BCUT2D eigenvalue weighted by Crippen LogP contribution is -2.07. The summed E-state index contributed by atoms with van der Waals surface area (Å²) in [5.41, 5.74) is 15.0. The van der Waals surface area contributed by atoms with Crippen LogP contribution in [-0.4, -0.2) is 10.7 Å². The molecule has 0 unspecified atom stereocenters. The lowest BCUT2D eigenvalue weighted by Gasteiger charge is -2.10. The average Bonchev–Trinajstić information content (AvgIpc) is 2.68. The second-order valence-corrected chi connectivity index (χ2v) is 6.37. The summed E-state index contributed by atoms with van der Waals surface area (Å²) >= 11 is 1.35. The Labute approximate surface area is 155 Å². The van der Waals surface area contributed by atoms with Crippen LogP contribution < -0.4 is 16.2 Å². The lowest BCUT2D eigenvalue weighted by molar-refractivity contribution is 1.32. The molecule has 6 nitrogen and oxygen atoms in total. The zero-order valence-corrected chi connectivity index (χ0v) is 14.5. The smallest absolute Gasteiger partial charge is 0.136 e. The molecule has 6 N–H and O–H groups in total. The molecule has 0 saturated carbocycles. The zero-order chi connectivity index (χ0) is 18.5. The second-order valence-electron chi connectivity index (χ2n) is 5.50. The molecule has 26 heavy (non-hydrogen) atoms. The number of anilines is 3. The number of nitrogens with two attached hydrogens (primary N) is 2. The minimum Gasteiger partial charge on any atom is -0.399 e. The van der Waals surface area contributed by atoms with Gasteiger partial charge in [0.2, 0.25) is 0 Å². The number of benzene rings is 2. The highest BCUT2D eigenvalue weighted by Gasteiger charge is 2.10. The van der Waals surface area contributed by atoms with Crippen molar-refractivity contribution in [3.05, 3.63) is 77.5 Å². The normalized spacial score (nSPS) is 10.1. The maximum atomic E-state index is 8.96. The molecule has 0 saturated heterocycles. The molecule has 7 heteroatoms. The van der Waals surface area contributed by atoms with Gasteiger partial charge in [0.05, 0.1) is 17.3 Å². The van der Waals surface area contributed by atoms with E-state index in [2.05, 4.69) is 15.8 Å². The topological polar surface area (TPSA) is 125 Å². The third-order valence-corrected chi connectivity index (χ3v) is 4.43. The number of hydrogen-bond acceptors (Lipinski definition) is 7.